The lowest BCUT2D eigenvalue weighted by Gasteiger charge is -2.03. The minimum Gasteiger partial charge on any atom is -0.360 e. The second-order valence-electron chi connectivity index (χ2n) is 4.52. The van der Waals surface area contributed by atoms with Gasteiger partial charge in [0.25, 0.3) is 0 Å². The van der Waals surface area contributed by atoms with Crippen LogP contribution >= 0.6 is 11.6 Å². The molecule has 0 aromatic heterocycles. The molecule has 104 valence electrons. The van der Waals surface area contributed by atoms with Crippen LogP contribution in [0.25, 0.3) is 0 Å². The molecule has 2 aromatic rings. The van der Waals surface area contributed by atoms with E-state index in [-0.39, 0.29) is 11.4 Å². The molecule has 0 radical (unpaired) electrons. The van der Waals surface area contributed by atoms with Crippen LogP contribution in [0.2, 0.25) is 5.02 Å². The number of anilines is 1. The van der Waals surface area contributed by atoms with Gasteiger partial charge < -0.3 is 5.32 Å². The van der Waals surface area contributed by atoms with E-state index >= 15 is 0 Å². The van der Waals surface area contributed by atoms with Gasteiger partial charge in [-0.3, -0.25) is 4.79 Å². The number of allylic oxidation sites excluding steroid dienone is 1. The van der Waals surface area contributed by atoms with Crippen molar-refractivity contribution >= 4 is 23.1 Å². The average Bonchev–Trinajstić information content (AvgIpc) is 2.50. The molecule has 0 fully saturated rings. The maximum atomic E-state index is 12.2. The SMILES string of the molecule is Cc1ccc(N/C=C(/C#N)C(=O)c2ccc(Cl)cc2)cc1. The Morgan fingerprint density at radius 2 is 1.76 bits per heavy atom. The summed E-state index contributed by atoms with van der Waals surface area (Å²) in [6, 6.07) is 16.0. The molecule has 1 N–H and O–H groups in total. The highest BCUT2D eigenvalue weighted by Crippen LogP contribution is 2.14. The first kappa shape index (κ1) is 14.8. The number of benzene rings is 2. The third kappa shape index (κ3) is 3.95. The van der Waals surface area contributed by atoms with Crippen LogP contribution in [0.3, 0.4) is 0 Å². The Morgan fingerprint density at radius 3 is 2.33 bits per heavy atom. The van der Waals surface area contributed by atoms with Gasteiger partial charge in [-0.1, -0.05) is 29.3 Å². The molecular weight excluding hydrogens is 284 g/mol. The molecule has 4 heteroatoms. The monoisotopic (exact) mass is 296 g/mol. The number of aryl methyl sites for hydroxylation is 1. The van der Waals surface area contributed by atoms with E-state index in [0.717, 1.165) is 11.3 Å². The standard InChI is InChI=1S/C17H13ClN2O/c1-12-2-8-16(9-3-12)20-11-14(10-19)17(21)13-4-6-15(18)7-5-13/h2-9,11,20H,1H3/b14-11-. The largest absolute Gasteiger partial charge is 0.360 e. The first-order valence-corrected chi connectivity index (χ1v) is 6.71. The first-order chi connectivity index (χ1) is 10.1. The second-order valence-corrected chi connectivity index (χ2v) is 4.95. The highest BCUT2D eigenvalue weighted by atomic mass is 35.5. The fraction of sp³-hybridized carbons (Fsp3) is 0.0588. The normalized spacial score (nSPS) is 10.8. The zero-order chi connectivity index (χ0) is 15.2. The van der Waals surface area contributed by atoms with Gasteiger partial charge in [0.15, 0.2) is 0 Å². The van der Waals surface area contributed by atoms with Crippen LogP contribution in [0.15, 0.2) is 60.3 Å². The van der Waals surface area contributed by atoms with Crippen molar-refractivity contribution in [2.24, 2.45) is 0 Å². The Kier molecular flexibility index (Phi) is 4.76. The summed E-state index contributed by atoms with van der Waals surface area (Å²) in [5.41, 5.74) is 2.43. The molecule has 0 aliphatic carbocycles. The Bertz CT molecular complexity index is 710. The van der Waals surface area contributed by atoms with Gasteiger partial charge in [-0.05, 0) is 43.3 Å². The minimum absolute atomic E-state index is 0.0397. The molecule has 0 spiro atoms. The van der Waals surface area contributed by atoms with Gasteiger partial charge in [0.1, 0.15) is 11.6 Å². The fourth-order valence-electron chi connectivity index (χ4n) is 1.71. The minimum atomic E-state index is -0.339. The molecule has 2 aromatic carbocycles. The summed E-state index contributed by atoms with van der Waals surface area (Å²) in [7, 11) is 0. The van der Waals surface area contributed by atoms with E-state index in [2.05, 4.69) is 5.32 Å². The number of ketones is 1. The Labute approximate surface area is 128 Å². The van der Waals surface area contributed by atoms with Gasteiger partial charge in [0, 0.05) is 22.5 Å². The fourth-order valence-corrected chi connectivity index (χ4v) is 1.84. The lowest BCUT2D eigenvalue weighted by Crippen LogP contribution is -2.04. The van der Waals surface area contributed by atoms with Crippen molar-refractivity contribution in [3.63, 3.8) is 0 Å². The first-order valence-electron chi connectivity index (χ1n) is 6.34. The molecule has 2 rings (SSSR count). The van der Waals surface area contributed by atoms with E-state index in [1.165, 1.54) is 6.20 Å². The van der Waals surface area contributed by atoms with E-state index in [4.69, 9.17) is 16.9 Å². The Hall–Kier alpha value is -2.57. The third-order valence-corrected chi connectivity index (χ3v) is 3.16. The van der Waals surface area contributed by atoms with Crippen LogP contribution in [0.1, 0.15) is 15.9 Å². The van der Waals surface area contributed by atoms with Crippen molar-refractivity contribution in [1.29, 1.82) is 5.26 Å². The number of carbonyl (C=O) groups is 1. The topological polar surface area (TPSA) is 52.9 Å². The van der Waals surface area contributed by atoms with E-state index in [1.807, 2.05) is 37.3 Å². The molecule has 3 nitrogen and oxygen atoms in total. The molecule has 21 heavy (non-hydrogen) atoms. The summed E-state index contributed by atoms with van der Waals surface area (Å²) in [5.74, 6) is -0.339. The maximum Gasteiger partial charge on any atom is 0.205 e. The molecule has 0 atom stereocenters. The van der Waals surface area contributed by atoms with Crippen molar-refractivity contribution in [3.05, 3.63) is 76.5 Å². The zero-order valence-electron chi connectivity index (χ0n) is 11.4. The average molecular weight is 297 g/mol. The summed E-state index contributed by atoms with van der Waals surface area (Å²) in [6.45, 7) is 1.99. The van der Waals surface area contributed by atoms with E-state index in [9.17, 15) is 4.79 Å². The Balaban J connectivity index is 2.17. The van der Waals surface area contributed by atoms with E-state index in [0.29, 0.717) is 10.6 Å². The second kappa shape index (κ2) is 6.74. The maximum absolute atomic E-state index is 12.2. The molecule has 0 saturated heterocycles. The lowest BCUT2D eigenvalue weighted by atomic mass is 10.1. The summed E-state index contributed by atoms with van der Waals surface area (Å²) in [5, 5.41) is 12.6. The summed E-state index contributed by atoms with van der Waals surface area (Å²) >= 11 is 5.78. The molecule has 0 amide bonds. The van der Waals surface area contributed by atoms with Gasteiger partial charge >= 0.3 is 0 Å². The van der Waals surface area contributed by atoms with Crippen LogP contribution < -0.4 is 5.32 Å². The van der Waals surface area contributed by atoms with Crippen LogP contribution in [0, 0.1) is 18.3 Å². The molecule has 0 aliphatic heterocycles. The lowest BCUT2D eigenvalue weighted by molar-refractivity contribution is 0.103. The predicted octanol–water partition coefficient (Wildman–Crippen LogP) is 4.35. The van der Waals surface area contributed by atoms with E-state index < -0.39 is 0 Å². The molecule has 0 saturated carbocycles. The number of nitriles is 1. The van der Waals surface area contributed by atoms with Crippen molar-refractivity contribution < 1.29 is 4.79 Å². The highest BCUT2D eigenvalue weighted by molar-refractivity contribution is 6.30. The number of hydrogen-bond acceptors (Lipinski definition) is 3. The van der Waals surface area contributed by atoms with Gasteiger partial charge in [-0.2, -0.15) is 5.26 Å². The molecular formula is C17H13ClN2O. The van der Waals surface area contributed by atoms with Gasteiger partial charge in [-0.25, -0.2) is 0 Å². The van der Waals surface area contributed by atoms with Crippen molar-refractivity contribution in [2.45, 2.75) is 6.92 Å². The molecule has 0 unspecified atom stereocenters. The van der Waals surface area contributed by atoms with Gasteiger partial charge in [0.2, 0.25) is 5.78 Å². The van der Waals surface area contributed by atoms with Crippen molar-refractivity contribution in [2.75, 3.05) is 5.32 Å². The number of Topliss-reactive ketones (excluding diaryl/α,β-unsaturated/α-hetero) is 1. The number of nitrogens with one attached hydrogen (secondary N) is 1. The zero-order valence-corrected chi connectivity index (χ0v) is 12.2. The highest BCUT2D eigenvalue weighted by Gasteiger charge is 2.11. The number of halogens is 1. The van der Waals surface area contributed by atoms with Gasteiger partial charge in [-0.15, -0.1) is 0 Å². The number of hydrogen-bond donors (Lipinski definition) is 1. The van der Waals surface area contributed by atoms with Crippen LogP contribution in [-0.2, 0) is 0 Å². The molecule has 0 heterocycles. The predicted molar refractivity (Wildman–Crippen MR) is 84.3 cm³/mol. The molecule has 0 aliphatic rings. The van der Waals surface area contributed by atoms with Crippen molar-refractivity contribution in [1.82, 2.24) is 0 Å². The summed E-state index contributed by atoms with van der Waals surface area (Å²) in [4.78, 5) is 12.2. The smallest absolute Gasteiger partial charge is 0.205 e. The number of carbonyl (C=O) groups excluding carboxylic acids is 1. The Morgan fingerprint density at radius 1 is 1.14 bits per heavy atom. The quantitative estimate of drug-likeness (QED) is 0.518. The summed E-state index contributed by atoms with van der Waals surface area (Å²) < 4.78 is 0. The van der Waals surface area contributed by atoms with Crippen LogP contribution in [-0.4, -0.2) is 5.78 Å². The van der Waals surface area contributed by atoms with Crippen molar-refractivity contribution in [3.8, 4) is 6.07 Å². The van der Waals surface area contributed by atoms with Crippen LogP contribution in [0.4, 0.5) is 5.69 Å². The van der Waals surface area contributed by atoms with Crippen LogP contribution in [0.5, 0.6) is 0 Å². The third-order valence-electron chi connectivity index (χ3n) is 2.91. The van der Waals surface area contributed by atoms with E-state index in [1.54, 1.807) is 24.3 Å². The molecule has 0 bridgehead atoms. The van der Waals surface area contributed by atoms with Gasteiger partial charge in [0.05, 0.1) is 0 Å². The summed E-state index contributed by atoms with van der Waals surface area (Å²) in [6.07, 6.45) is 1.42. The number of nitrogens with zero attached hydrogens (tertiary/aromatic N) is 1. The number of rotatable bonds is 4.